The number of halogens is 3. The predicted octanol–water partition coefficient (Wildman–Crippen LogP) is 3.35. The number of alkyl halides is 3. The van der Waals surface area contributed by atoms with E-state index in [1.54, 1.807) is 6.07 Å². The fourth-order valence-corrected chi connectivity index (χ4v) is 2.54. The van der Waals surface area contributed by atoms with Crippen molar-refractivity contribution in [1.29, 1.82) is 0 Å². The Labute approximate surface area is 127 Å². The van der Waals surface area contributed by atoms with Crippen LogP contribution in [0.25, 0.3) is 5.76 Å². The van der Waals surface area contributed by atoms with Gasteiger partial charge in [0.15, 0.2) is 0 Å². The van der Waals surface area contributed by atoms with Crippen LogP contribution < -0.4 is 0 Å². The first kappa shape index (κ1) is 16.5. The van der Waals surface area contributed by atoms with Crippen LogP contribution in [0, 0.1) is 0 Å². The lowest BCUT2D eigenvalue weighted by atomic mass is 10.0. The zero-order chi connectivity index (χ0) is 16.3. The summed E-state index contributed by atoms with van der Waals surface area (Å²) in [4.78, 5) is 11.5. The molecule has 22 heavy (non-hydrogen) atoms. The Morgan fingerprint density at radius 1 is 1.32 bits per heavy atom. The van der Waals surface area contributed by atoms with E-state index in [1.165, 1.54) is 25.3 Å². The second-order valence-electron chi connectivity index (χ2n) is 4.59. The molecular weight excluding hydrogens is 321 g/mol. The number of esters is 1. The third-order valence-electron chi connectivity index (χ3n) is 3.13. The van der Waals surface area contributed by atoms with E-state index in [2.05, 4.69) is 8.92 Å². The molecular formula is C14H13F3O4S. The monoisotopic (exact) mass is 334 g/mol. The summed E-state index contributed by atoms with van der Waals surface area (Å²) in [5.74, 6) is -0.614. The number of carbonyl (C=O) groups excluding carboxylic acids is 1. The number of hydrogen-bond donors (Lipinski definition) is 0. The van der Waals surface area contributed by atoms with Crippen LogP contribution in [-0.4, -0.2) is 22.8 Å². The van der Waals surface area contributed by atoms with Crippen molar-refractivity contribution >= 4 is 22.8 Å². The molecule has 1 atom stereocenters. The highest BCUT2D eigenvalue weighted by Crippen LogP contribution is 2.31. The summed E-state index contributed by atoms with van der Waals surface area (Å²) in [5, 5.41) is 0. The molecule has 0 heterocycles. The fraction of sp³-hybridized carbons (Fsp3) is 0.357. The smallest absolute Gasteiger partial charge is 0.465 e. The molecule has 4 nitrogen and oxygen atoms in total. The van der Waals surface area contributed by atoms with Gasteiger partial charge in [0, 0.05) is 5.56 Å². The molecule has 1 aromatic carbocycles. The van der Waals surface area contributed by atoms with Crippen LogP contribution in [0.2, 0.25) is 0 Å². The van der Waals surface area contributed by atoms with Crippen molar-refractivity contribution < 1.29 is 31.1 Å². The summed E-state index contributed by atoms with van der Waals surface area (Å²) in [6, 6.07) is 4.47. The van der Waals surface area contributed by atoms with Crippen molar-refractivity contribution in [1.82, 2.24) is 0 Å². The zero-order valence-electron chi connectivity index (χ0n) is 11.6. The van der Waals surface area contributed by atoms with E-state index in [9.17, 15) is 22.2 Å². The summed E-state index contributed by atoms with van der Waals surface area (Å²) in [6.45, 7) is 0. The minimum absolute atomic E-state index is 0.0837. The Kier molecular flexibility index (Phi) is 4.90. The quantitative estimate of drug-likeness (QED) is 0.796. The molecule has 0 amide bonds. The molecule has 1 aliphatic carbocycles. The highest BCUT2D eigenvalue weighted by Gasteiger charge is 2.40. The topological polar surface area (TPSA) is 52.6 Å². The van der Waals surface area contributed by atoms with Gasteiger partial charge < -0.3 is 8.92 Å². The van der Waals surface area contributed by atoms with Gasteiger partial charge >= 0.3 is 22.6 Å². The SMILES string of the molecule is COC(=O)c1ccc2c(c1)CCCC=C2OS(=O)C(F)(F)F. The Bertz CT molecular complexity index is 637. The van der Waals surface area contributed by atoms with E-state index in [4.69, 9.17) is 0 Å². The lowest BCUT2D eigenvalue weighted by Crippen LogP contribution is -2.18. The van der Waals surface area contributed by atoms with Gasteiger partial charge in [-0.15, -0.1) is 0 Å². The average molecular weight is 334 g/mol. The molecule has 0 bridgehead atoms. The van der Waals surface area contributed by atoms with Gasteiger partial charge in [0.05, 0.1) is 12.7 Å². The van der Waals surface area contributed by atoms with Crippen LogP contribution in [-0.2, 0) is 26.4 Å². The van der Waals surface area contributed by atoms with Crippen LogP contribution >= 0.6 is 0 Å². The molecule has 120 valence electrons. The number of rotatable bonds is 3. The van der Waals surface area contributed by atoms with Gasteiger partial charge in [0.25, 0.3) is 0 Å². The molecule has 0 saturated carbocycles. The van der Waals surface area contributed by atoms with Crippen LogP contribution in [0.3, 0.4) is 0 Å². The Morgan fingerprint density at radius 3 is 2.68 bits per heavy atom. The van der Waals surface area contributed by atoms with E-state index in [0.717, 1.165) is 0 Å². The van der Waals surface area contributed by atoms with Crippen LogP contribution in [0.4, 0.5) is 13.2 Å². The number of fused-ring (bicyclic) bond motifs is 1. The number of ether oxygens (including phenoxy) is 1. The van der Waals surface area contributed by atoms with Gasteiger partial charge in [-0.1, -0.05) is 6.07 Å². The van der Waals surface area contributed by atoms with Gasteiger partial charge in [-0.25, -0.2) is 9.00 Å². The van der Waals surface area contributed by atoms with Crippen LogP contribution in [0.15, 0.2) is 24.3 Å². The minimum atomic E-state index is -4.95. The van der Waals surface area contributed by atoms with Gasteiger partial charge in [-0.3, -0.25) is 0 Å². The van der Waals surface area contributed by atoms with Gasteiger partial charge in [0.1, 0.15) is 5.76 Å². The number of benzene rings is 1. The summed E-state index contributed by atoms with van der Waals surface area (Å²) < 4.78 is 57.5. The summed E-state index contributed by atoms with van der Waals surface area (Å²) in [5.41, 5.74) is -3.58. The van der Waals surface area contributed by atoms with E-state index in [1.807, 2.05) is 0 Å². The zero-order valence-corrected chi connectivity index (χ0v) is 12.4. The first-order chi connectivity index (χ1) is 10.3. The van der Waals surface area contributed by atoms with Crippen LogP contribution in [0.5, 0.6) is 0 Å². The Hall–Kier alpha value is -1.83. The molecule has 8 heteroatoms. The van der Waals surface area contributed by atoms with E-state index >= 15 is 0 Å². The molecule has 2 rings (SSSR count). The summed E-state index contributed by atoms with van der Waals surface area (Å²) in [7, 11) is 1.24. The molecule has 1 aromatic rings. The standard InChI is InChI=1S/C14H13F3O4S/c1-20-13(18)10-6-7-11-9(8-10)4-2-3-5-12(11)21-22(19)14(15,16)17/h5-8H,2-4H2,1H3. The van der Waals surface area contributed by atoms with Crippen molar-refractivity contribution in [3.8, 4) is 0 Å². The van der Waals surface area contributed by atoms with E-state index < -0.39 is 22.6 Å². The van der Waals surface area contributed by atoms with Gasteiger partial charge in [-0.05, 0) is 43.0 Å². The number of aryl methyl sites for hydroxylation is 1. The maximum absolute atomic E-state index is 12.4. The average Bonchev–Trinajstić information content (AvgIpc) is 2.67. The Morgan fingerprint density at radius 2 is 2.05 bits per heavy atom. The molecule has 0 aromatic heterocycles. The molecule has 0 N–H and O–H groups in total. The van der Waals surface area contributed by atoms with Crippen molar-refractivity contribution in [3.05, 3.63) is 41.0 Å². The molecule has 0 spiro atoms. The molecule has 0 radical (unpaired) electrons. The maximum Gasteiger partial charge on any atom is 0.508 e. The highest BCUT2D eigenvalue weighted by molar-refractivity contribution is 7.81. The lowest BCUT2D eigenvalue weighted by molar-refractivity contribution is -0.0445. The Balaban J connectivity index is 2.34. The molecule has 1 unspecified atom stereocenters. The van der Waals surface area contributed by atoms with E-state index in [0.29, 0.717) is 36.0 Å². The first-order valence-corrected chi connectivity index (χ1v) is 7.49. The molecule has 0 aliphatic heterocycles. The third-order valence-corrected chi connectivity index (χ3v) is 3.84. The fourth-order valence-electron chi connectivity index (χ4n) is 2.13. The number of hydrogen-bond acceptors (Lipinski definition) is 4. The summed E-state index contributed by atoms with van der Waals surface area (Å²) >= 11 is -3.43. The van der Waals surface area contributed by atoms with Crippen molar-refractivity contribution in [2.75, 3.05) is 7.11 Å². The largest absolute Gasteiger partial charge is 0.508 e. The van der Waals surface area contributed by atoms with Gasteiger partial charge in [0.2, 0.25) is 0 Å². The minimum Gasteiger partial charge on any atom is -0.465 e. The van der Waals surface area contributed by atoms with Gasteiger partial charge in [-0.2, -0.15) is 13.2 Å². The second-order valence-corrected chi connectivity index (χ2v) is 5.69. The van der Waals surface area contributed by atoms with Crippen molar-refractivity contribution in [2.24, 2.45) is 0 Å². The predicted molar refractivity (Wildman–Crippen MR) is 74.0 cm³/mol. The third kappa shape index (κ3) is 3.68. The molecule has 0 fully saturated rings. The van der Waals surface area contributed by atoms with E-state index in [-0.39, 0.29) is 5.76 Å². The highest BCUT2D eigenvalue weighted by atomic mass is 32.2. The number of methoxy groups -OCH3 is 1. The number of carbonyl (C=O) groups is 1. The van der Waals surface area contributed by atoms with Crippen molar-refractivity contribution in [2.45, 2.75) is 24.8 Å². The normalized spacial score (nSPS) is 16.1. The molecule has 0 saturated heterocycles. The first-order valence-electron chi connectivity index (χ1n) is 6.41. The lowest BCUT2D eigenvalue weighted by Gasteiger charge is -2.13. The summed E-state index contributed by atoms with van der Waals surface area (Å²) in [6.07, 6.45) is 3.23. The van der Waals surface area contributed by atoms with Crippen molar-refractivity contribution in [3.63, 3.8) is 0 Å². The maximum atomic E-state index is 12.4. The molecule has 1 aliphatic rings. The number of allylic oxidation sites excluding steroid dienone is 1. The second kappa shape index (κ2) is 6.51. The van der Waals surface area contributed by atoms with Crippen LogP contribution in [0.1, 0.15) is 34.3 Å².